The molecule has 17 heavy (non-hydrogen) atoms. The summed E-state index contributed by atoms with van der Waals surface area (Å²) >= 11 is 5.99. The van der Waals surface area contributed by atoms with E-state index in [1.165, 1.54) is 12.1 Å². The van der Waals surface area contributed by atoms with Gasteiger partial charge < -0.3 is 4.90 Å². The molecule has 1 fully saturated rings. The Morgan fingerprint density at radius 1 is 1.35 bits per heavy atom. The summed E-state index contributed by atoms with van der Waals surface area (Å²) in [6.45, 7) is 3.09. The fourth-order valence-corrected chi connectivity index (χ4v) is 2.29. The minimum absolute atomic E-state index is 0.101. The van der Waals surface area contributed by atoms with Crippen molar-refractivity contribution in [2.24, 2.45) is 0 Å². The van der Waals surface area contributed by atoms with Crippen molar-refractivity contribution in [2.45, 2.75) is 25.1 Å². The van der Waals surface area contributed by atoms with Gasteiger partial charge in [0.05, 0.1) is 0 Å². The number of aryl methyl sites for hydroxylation is 1. The molecule has 1 amide bonds. The molecule has 2 rings (SSSR count). The van der Waals surface area contributed by atoms with Gasteiger partial charge in [0, 0.05) is 24.0 Å². The van der Waals surface area contributed by atoms with Crippen molar-refractivity contribution in [2.75, 3.05) is 13.1 Å². The molecule has 0 aromatic heterocycles. The highest BCUT2D eigenvalue weighted by Gasteiger charge is 2.22. The lowest BCUT2D eigenvalue weighted by atomic mass is 10.1. The average Bonchev–Trinajstić information content (AvgIpc) is 2.28. The first kappa shape index (κ1) is 12.4. The van der Waals surface area contributed by atoms with Crippen LogP contribution in [0.1, 0.15) is 28.8 Å². The van der Waals surface area contributed by atoms with Crippen LogP contribution in [0.2, 0.25) is 0 Å². The van der Waals surface area contributed by atoms with E-state index in [0.717, 1.165) is 18.4 Å². The predicted molar refractivity (Wildman–Crippen MR) is 65.9 cm³/mol. The number of amides is 1. The van der Waals surface area contributed by atoms with Gasteiger partial charge in [-0.1, -0.05) is 0 Å². The SMILES string of the molecule is Cc1cc(F)cc(C(=O)N2CCC(Cl)CC2)c1. The van der Waals surface area contributed by atoms with Crippen LogP contribution < -0.4 is 0 Å². The number of benzene rings is 1. The minimum atomic E-state index is -0.361. The van der Waals surface area contributed by atoms with Crippen LogP contribution in [-0.4, -0.2) is 29.3 Å². The number of hydrogen-bond donors (Lipinski definition) is 0. The van der Waals surface area contributed by atoms with Gasteiger partial charge in [-0.3, -0.25) is 4.79 Å². The van der Waals surface area contributed by atoms with Gasteiger partial charge in [-0.05, 0) is 43.5 Å². The van der Waals surface area contributed by atoms with Crippen LogP contribution >= 0.6 is 11.6 Å². The molecule has 2 nitrogen and oxygen atoms in total. The lowest BCUT2D eigenvalue weighted by molar-refractivity contribution is 0.0726. The van der Waals surface area contributed by atoms with E-state index in [-0.39, 0.29) is 17.1 Å². The van der Waals surface area contributed by atoms with Crippen LogP contribution in [0.15, 0.2) is 18.2 Å². The van der Waals surface area contributed by atoms with Crippen molar-refractivity contribution in [3.05, 3.63) is 35.1 Å². The number of nitrogens with zero attached hydrogens (tertiary/aromatic N) is 1. The van der Waals surface area contributed by atoms with Gasteiger partial charge in [0.2, 0.25) is 0 Å². The van der Waals surface area contributed by atoms with Crippen molar-refractivity contribution < 1.29 is 9.18 Å². The van der Waals surface area contributed by atoms with Gasteiger partial charge in [-0.15, -0.1) is 11.6 Å². The molecule has 0 saturated carbocycles. The third-order valence-electron chi connectivity index (χ3n) is 3.00. The van der Waals surface area contributed by atoms with E-state index in [2.05, 4.69) is 0 Å². The van der Waals surface area contributed by atoms with E-state index >= 15 is 0 Å². The minimum Gasteiger partial charge on any atom is -0.339 e. The van der Waals surface area contributed by atoms with Crippen LogP contribution in [0.5, 0.6) is 0 Å². The zero-order chi connectivity index (χ0) is 12.4. The van der Waals surface area contributed by atoms with Crippen LogP contribution in [0, 0.1) is 12.7 Å². The van der Waals surface area contributed by atoms with Gasteiger partial charge >= 0.3 is 0 Å². The summed E-state index contributed by atoms with van der Waals surface area (Å²) in [6.07, 6.45) is 1.61. The van der Waals surface area contributed by atoms with E-state index in [0.29, 0.717) is 18.7 Å². The number of carbonyl (C=O) groups is 1. The van der Waals surface area contributed by atoms with Crippen molar-refractivity contribution in [3.63, 3.8) is 0 Å². The summed E-state index contributed by atoms with van der Waals surface area (Å²) in [7, 11) is 0. The van der Waals surface area contributed by atoms with Crippen LogP contribution in [0.4, 0.5) is 4.39 Å². The van der Waals surface area contributed by atoms with E-state index in [1.54, 1.807) is 17.9 Å². The molecule has 1 aliphatic rings. The number of halogens is 2. The Hall–Kier alpha value is -1.09. The molecule has 4 heteroatoms. The lowest BCUT2D eigenvalue weighted by Crippen LogP contribution is -2.38. The molecule has 0 atom stereocenters. The monoisotopic (exact) mass is 255 g/mol. The normalized spacial score (nSPS) is 17.2. The van der Waals surface area contributed by atoms with Gasteiger partial charge in [-0.25, -0.2) is 4.39 Å². The van der Waals surface area contributed by atoms with Crippen LogP contribution in [-0.2, 0) is 0 Å². The molecule has 0 unspecified atom stereocenters. The highest BCUT2D eigenvalue weighted by Crippen LogP contribution is 2.18. The molecular weight excluding hydrogens is 241 g/mol. The van der Waals surface area contributed by atoms with Crippen LogP contribution in [0.3, 0.4) is 0 Å². The molecule has 1 aromatic rings. The molecule has 0 radical (unpaired) electrons. The van der Waals surface area contributed by atoms with Gasteiger partial charge in [0.25, 0.3) is 5.91 Å². The standard InChI is InChI=1S/C13H15ClFNO/c1-9-6-10(8-12(15)7-9)13(17)16-4-2-11(14)3-5-16/h6-8,11H,2-5H2,1H3. The average molecular weight is 256 g/mol. The molecule has 1 aliphatic heterocycles. The summed E-state index contributed by atoms with van der Waals surface area (Å²) < 4.78 is 13.2. The Morgan fingerprint density at radius 3 is 2.59 bits per heavy atom. The number of carbonyl (C=O) groups excluding carboxylic acids is 1. The van der Waals surface area contributed by atoms with Crippen molar-refractivity contribution >= 4 is 17.5 Å². The zero-order valence-corrected chi connectivity index (χ0v) is 10.5. The van der Waals surface area contributed by atoms with E-state index in [9.17, 15) is 9.18 Å². The summed E-state index contributed by atoms with van der Waals surface area (Å²) in [5.74, 6) is -0.461. The summed E-state index contributed by atoms with van der Waals surface area (Å²) in [5.41, 5.74) is 1.19. The van der Waals surface area contributed by atoms with Crippen molar-refractivity contribution in [1.82, 2.24) is 4.90 Å². The second-order valence-electron chi connectivity index (χ2n) is 4.48. The van der Waals surface area contributed by atoms with E-state index in [1.807, 2.05) is 0 Å². The summed E-state index contributed by atoms with van der Waals surface area (Å²) in [6, 6.07) is 4.43. The highest BCUT2D eigenvalue weighted by atomic mass is 35.5. The maximum Gasteiger partial charge on any atom is 0.253 e. The molecule has 1 heterocycles. The van der Waals surface area contributed by atoms with E-state index < -0.39 is 0 Å². The molecule has 0 aliphatic carbocycles. The Kier molecular flexibility index (Phi) is 3.67. The van der Waals surface area contributed by atoms with Crippen LogP contribution in [0.25, 0.3) is 0 Å². The first-order valence-electron chi connectivity index (χ1n) is 5.77. The Balaban J connectivity index is 2.14. The fraction of sp³-hybridized carbons (Fsp3) is 0.462. The maximum absolute atomic E-state index is 13.2. The van der Waals surface area contributed by atoms with Crippen molar-refractivity contribution in [1.29, 1.82) is 0 Å². The predicted octanol–water partition coefficient (Wildman–Crippen LogP) is 2.98. The largest absolute Gasteiger partial charge is 0.339 e. The zero-order valence-electron chi connectivity index (χ0n) is 9.75. The van der Waals surface area contributed by atoms with E-state index in [4.69, 9.17) is 11.6 Å². The van der Waals surface area contributed by atoms with Gasteiger partial charge in [0.15, 0.2) is 0 Å². The molecule has 0 N–H and O–H groups in total. The highest BCUT2D eigenvalue weighted by molar-refractivity contribution is 6.20. The third-order valence-corrected chi connectivity index (χ3v) is 3.44. The second kappa shape index (κ2) is 5.05. The number of rotatable bonds is 1. The molecule has 0 spiro atoms. The smallest absolute Gasteiger partial charge is 0.253 e. The first-order chi connectivity index (χ1) is 8.06. The quantitative estimate of drug-likeness (QED) is 0.707. The van der Waals surface area contributed by atoms with Gasteiger partial charge in [-0.2, -0.15) is 0 Å². The lowest BCUT2D eigenvalue weighted by Gasteiger charge is -2.29. The number of piperidine rings is 1. The summed E-state index contributed by atoms with van der Waals surface area (Å²) in [4.78, 5) is 13.9. The topological polar surface area (TPSA) is 20.3 Å². The number of likely N-dealkylation sites (tertiary alicyclic amines) is 1. The molecule has 1 saturated heterocycles. The molecule has 92 valence electrons. The number of alkyl halides is 1. The second-order valence-corrected chi connectivity index (χ2v) is 5.10. The first-order valence-corrected chi connectivity index (χ1v) is 6.20. The fourth-order valence-electron chi connectivity index (χ4n) is 2.09. The molecule has 1 aromatic carbocycles. The Labute approximate surface area is 105 Å². The van der Waals surface area contributed by atoms with Gasteiger partial charge in [0.1, 0.15) is 5.82 Å². The molecule has 0 bridgehead atoms. The maximum atomic E-state index is 13.2. The Morgan fingerprint density at radius 2 is 2.00 bits per heavy atom. The summed E-state index contributed by atoms with van der Waals surface area (Å²) in [5, 5.41) is 0.160. The molecular formula is C13H15ClFNO. The number of hydrogen-bond acceptors (Lipinski definition) is 1. The van der Waals surface area contributed by atoms with Crippen molar-refractivity contribution in [3.8, 4) is 0 Å². The third kappa shape index (κ3) is 2.97. The Bertz CT molecular complexity index is 407.